The molecule has 7 heteroatoms. The van der Waals surface area contributed by atoms with Gasteiger partial charge in [-0.15, -0.1) is 0 Å². The number of hydrogen-bond donors (Lipinski definition) is 0. The Balaban J connectivity index is 2.01. The number of ether oxygens (including phenoxy) is 1. The summed E-state index contributed by atoms with van der Waals surface area (Å²) in [4.78, 5) is 13.4. The fourth-order valence-electron chi connectivity index (χ4n) is 3.95. The molecule has 0 saturated carbocycles. The van der Waals surface area contributed by atoms with Crippen LogP contribution in [0.1, 0.15) is 32.4 Å². The van der Waals surface area contributed by atoms with Crippen LogP contribution in [0.5, 0.6) is 0 Å². The van der Waals surface area contributed by atoms with Crippen LogP contribution in [0.15, 0.2) is 111 Å². The summed E-state index contributed by atoms with van der Waals surface area (Å²) in [7, 11) is -3.93. The first kappa shape index (κ1) is 24.9. The largest absolute Gasteiger partial charge is 0.457 e. The lowest BCUT2D eigenvalue weighted by molar-refractivity contribution is -0.150. The summed E-state index contributed by atoms with van der Waals surface area (Å²) in [6.07, 6.45) is 0. The average Bonchev–Trinajstić information content (AvgIpc) is 3.20. The van der Waals surface area contributed by atoms with Gasteiger partial charge in [-0.05, 0) is 62.7 Å². The normalized spacial score (nSPS) is 12.9. The standard InChI is InChI=1S/C28H26BrNO4S/c1-19(27(31)34-28(2,3)4)26(20-14-16-22(29)17-15-20)30-24-13-9-8-10-21(24)18-25(30)35(32,33)23-11-6-5-7-12-23/h5-18,26H,1H2,2-4H3. The Labute approximate surface area is 214 Å². The Morgan fingerprint density at radius 1 is 0.943 bits per heavy atom. The van der Waals surface area contributed by atoms with E-state index in [4.69, 9.17) is 4.74 Å². The van der Waals surface area contributed by atoms with Crippen molar-refractivity contribution in [3.63, 3.8) is 0 Å². The molecule has 1 heterocycles. The van der Waals surface area contributed by atoms with E-state index >= 15 is 0 Å². The van der Waals surface area contributed by atoms with Gasteiger partial charge in [-0.1, -0.05) is 71.0 Å². The van der Waals surface area contributed by atoms with Crippen molar-refractivity contribution >= 4 is 42.6 Å². The first-order valence-corrected chi connectivity index (χ1v) is 13.3. The van der Waals surface area contributed by atoms with Crippen LogP contribution in [0.25, 0.3) is 10.9 Å². The second-order valence-electron chi connectivity index (χ2n) is 9.21. The Morgan fingerprint density at radius 2 is 1.54 bits per heavy atom. The van der Waals surface area contributed by atoms with Crippen LogP contribution < -0.4 is 0 Å². The number of benzene rings is 3. The fourth-order valence-corrected chi connectivity index (χ4v) is 5.72. The van der Waals surface area contributed by atoms with Crippen molar-refractivity contribution in [1.82, 2.24) is 4.57 Å². The predicted molar refractivity (Wildman–Crippen MR) is 141 cm³/mol. The molecule has 35 heavy (non-hydrogen) atoms. The summed E-state index contributed by atoms with van der Waals surface area (Å²) in [5.41, 5.74) is 0.768. The minimum atomic E-state index is -3.93. The van der Waals surface area contributed by atoms with Crippen molar-refractivity contribution in [2.45, 2.75) is 42.3 Å². The monoisotopic (exact) mass is 551 g/mol. The van der Waals surface area contributed by atoms with Gasteiger partial charge in [0.2, 0.25) is 9.84 Å². The van der Waals surface area contributed by atoms with E-state index in [0.717, 1.165) is 9.86 Å². The molecule has 0 aliphatic rings. The zero-order chi connectivity index (χ0) is 25.4. The highest BCUT2D eigenvalue weighted by Gasteiger charge is 2.33. The van der Waals surface area contributed by atoms with Crippen molar-refractivity contribution in [3.8, 4) is 0 Å². The molecule has 1 unspecified atom stereocenters. The third-order valence-electron chi connectivity index (χ3n) is 5.48. The topological polar surface area (TPSA) is 65.4 Å². The van der Waals surface area contributed by atoms with Crippen LogP contribution in [0.4, 0.5) is 0 Å². The Bertz CT molecular complexity index is 1500. The van der Waals surface area contributed by atoms with Crippen LogP contribution in [-0.2, 0) is 19.4 Å². The Morgan fingerprint density at radius 3 is 2.17 bits per heavy atom. The van der Waals surface area contributed by atoms with E-state index in [9.17, 15) is 13.2 Å². The maximum Gasteiger partial charge on any atom is 0.336 e. The molecule has 3 aromatic carbocycles. The number of carbonyl (C=O) groups is 1. The van der Waals surface area contributed by atoms with Crippen molar-refractivity contribution in [3.05, 3.63) is 107 Å². The van der Waals surface area contributed by atoms with Crippen molar-refractivity contribution in [2.75, 3.05) is 0 Å². The molecular weight excluding hydrogens is 526 g/mol. The SMILES string of the molecule is C=C(C(=O)OC(C)(C)C)C(c1ccc(Br)cc1)n1c(S(=O)(=O)c2ccccc2)cc2ccccc21. The number of para-hydroxylation sites is 1. The van der Waals surface area contributed by atoms with Gasteiger partial charge in [0.15, 0.2) is 0 Å². The zero-order valence-electron chi connectivity index (χ0n) is 19.7. The molecule has 180 valence electrons. The maximum atomic E-state index is 13.9. The van der Waals surface area contributed by atoms with Crippen molar-refractivity contribution in [1.29, 1.82) is 0 Å². The molecule has 5 nitrogen and oxygen atoms in total. The second kappa shape index (κ2) is 9.47. The molecule has 4 aromatic rings. The molecule has 0 radical (unpaired) electrons. The Kier molecular flexibility index (Phi) is 6.75. The lowest BCUT2D eigenvalue weighted by Gasteiger charge is -2.27. The molecule has 1 aromatic heterocycles. The predicted octanol–water partition coefficient (Wildman–Crippen LogP) is 6.72. The van der Waals surface area contributed by atoms with E-state index in [1.807, 2.05) is 48.5 Å². The van der Waals surface area contributed by atoms with Gasteiger partial charge in [0.25, 0.3) is 0 Å². The molecule has 0 spiro atoms. The van der Waals surface area contributed by atoms with Gasteiger partial charge in [-0.3, -0.25) is 0 Å². The Hall–Kier alpha value is -3.16. The smallest absolute Gasteiger partial charge is 0.336 e. The van der Waals surface area contributed by atoms with Crippen LogP contribution in [0.2, 0.25) is 0 Å². The third kappa shape index (κ3) is 5.11. The van der Waals surface area contributed by atoms with Gasteiger partial charge >= 0.3 is 5.97 Å². The van der Waals surface area contributed by atoms with Crippen LogP contribution in [0, 0.1) is 0 Å². The third-order valence-corrected chi connectivity index (χ3v) is 7.76. The highest BCUT2D eigenvalue weighted by molar-refractivity contribution is 9.10. The molecule has 1 atom stereocenters. The van der Waals surface area contributed by atoms with Gasteiger partial charge in [-0.2, -0.15) is 0 Å². The van der Waals surface area contributed by atoms with E-state index < -0.39 is 27.4 Å². The molecular formula is C28H26BrNO4S. The zero-order valence-corrected chi connectivity index (χ0v) is 22.1. The lowest BCUT2D eigenvalue weighted by atomic mass is 9.99. The summed E-state index contributed by atoms with van der Waals surface area (Å²) in [5.74, 6) is -0.591. The fraction of sp³-hybridized carbons (Fsp3) is 0.179. The summed E-state index contributed by atoms with van der Waals surface area (Å²) in [6, 6.07) is 23.9. The number of carbonyl (C=O) groups excluding carboxylic acids is 1. The molecule has 0 aliphatic carbocycles. The number of nitrogens with zero attached hydrogens (tertiary/aromatic N) is 1. The molecule has 0 fully saturated rings. The van der Waals surface area contributed by atoms with Gasteiger partial charge in [0, 0.05) is 15.4 Å². The minimum Gasteiger partial charge on any atom is -0.457 e. The van der Waals surface area contributed by atoms with Gasteiger partial charge in [0.1, 0.15) is 10.6 Å². The molecule has 0 amide bonds. The van der Waals surface area contributed by atoms with Crippen LogP contribution >= 0.6 is 15.9 Å². The van der Waals surface area contributed by atoms with Crippen molar-refractivity contribution < 1.29 is 17.9 Å². The highest BCUT2D eigenvalue weighted by Crippen LogP contribution is 2.37. The summed E-state index contributed by atoms with van der Waals surface area (Å²) < 4.78 is 35.9. The van der Waals surface area contributed by atoms with Gasteiger partial charge in [-0.25, -0.2) is 13.2 Å². The quantitative estimate of drug-likeness (QED) is 0.197. The van der Waals surface area contributed by atoms with E-state index in [1.165, 1.54) is 0 Å². The van der Waals surface area contributed by atoms with E-state index in [-0.39, 0.29) is 15.5 Å². The molecule has 0 bridgehead atoms. The maximum absolute atomic E-state index is 13.9. The van der Waals surface area contributed by atoms with Gasteiger partial charge < -0.3 is 9.30 Å². The van der Waals surface area contributed by atoms with Crippen LogP contribution in [0.3, 0.4) is 0 Å². The van der Waals surface area contributed by atoms with Crippen molar-refractivity contribution in [2.24, 2.45) is 0 Å². The lowest BCUT2D eigenvalue weighted by Crippen LogP contribution is -2.29. The van der Waals surface area contributed by atoms with E-state index in [2.05, 4.69) is 22.5 Å². The number of esters is 1. The number of sulfone groups is 1. The van der Waals surface area contributed by atoms with E-state index in [0.29, 0.717) is 11.1 Å². The van der Waals surface area contributed by atoms with Gasteiger partial charge in [0.05, 0.1) is 16.5 Å². The number of rotatable bonds is 6. The average molecular weight is 552 g/mol. The van der Waals surface area contributed by atoms with E-state index in [1.54, 1.807) is 61.7 Å². The molecule has 0 N–H and O–H groups in total. The first-order valence-electron chi connectivity index (χ1n) is 11.1. The number of fused-ring (bicyclic) bond motifs is 1. The minimum absolute atomic E-state index is 0.0718. The summed E-state index contributed by atoms with van der Waals surface area (Å²) in [6.45, 7) is 9.44. The number of aromatic nitrogens is 1. The number of hydrogen-bond acceptors (Lipinski definition) is 4. The highest BCUT2D eigenvalue weighted by atomic mass is 79.9. The molecule has 4 rings (SSSR count). The molecule has 0 aliphatic heterocycles. The summed E-state index contributed by atoms with van der Waals surface area (Å²) in [5, 5.41) is 0.809. The van der Waals surface area contributed by atoms with Crippen LogP contribution in [-0.4, -0.2) is 24.6 Å². The summed E-state index contributed by atoms with van der Waals surface area (Å²) >= 11 is 3.45. The number of halogens is 1. The first-order chi connectivity index (χ1) is 16.5. The second-order valence-corrected chi connectivity index (χ2v) is 12.0. The molecule has 0 saturated heterocycles.